The molecule has 0 aromatic heterocycles. The minimum atomic E-state index is -2.17. The Morgan fingerprint density at radius 2 is 0.625 bits per heavy atom. The normalized spacial score (nSPS) is 6.56. The minimum absolute atomic E-state index is 0.333. The van der Waals surface area contributed by atoms with E-state index in [9.17, 15) is 0 Å². The maximum Gasteiger partial charge on any atom is 0.631 e. The zero-order valence-corrected chi connectivity index (χ0v) is 7.91. The van der Waals surface area contributed by atoms with Gasteiger partial charge in [0.2, 0.25) is 0 Å². The Hall–Kier alpha value is -0.895. The van der Waals surface area contributed by atoms with Gasteiger partial charge in [0.25, 0.3) is 0 Å². The topological polar surface area (TPSA) is 258 Å². The van der Waals surface area contributed by atoms with E-state index in [2.05, 4.69) is 11.5 Å². The van der Waals surface area contributed by atoms with Gasteiger partial charge in [-0.15, -0.1) is 0 Å². The van der Waals surface area contributed by atoms with Crippen molar-refractivity contribution in [3.63, 3.8) is 0 Å². The summed E-state index contributed by atoms with van der Waals surface area (Å²) in [5, 5.41) is 70.6. The van der Waals surface area contributed by atoms with E-state index in [1.807, 2.05) is 0 Å². The minimum Gasteiger partial charge on any atom is -0.402 e. The van der Waals surface area contributed by atoms with Gasteiger partial charge in [-0.25, -0.2) is 0 Å². The molecule has 16 heavy (non-hydrogen) atoms. The molecular weight excluding hydrogens is 230 g/mol. The summed E-state index contributed by atoms with van der Waals surface area (Å²) in [6.07, 6.45) is 0. The smallest absolute Gasteiger partial charge is 0.402 e. The first-order valence-corrected chi connectivity index (χ1v) is 3.15. The number of nitrogens with two attached hydrogens (primary N) is 2. The monoisotopic (exact) mass is 245 g/mol. The molecule has 0 saturated carbocycles. The second-order valence-electron chi connectivity index (χ2n) is 1.49. The van der Waals surface area contributed by atoms with Crippen LogP contribution in [-0.4, -0.2) is 73.1 Å². The average molecular weight is 245 g/mol. The summed E-state index contributed by atoms with van der Waals surface area (Å²) in [5.41, 5.74) is 8.94. The molecule has 0 fully saturated rings. The van der Waals surface area contributed by atoms with E-state index in [-0.39, 0.29) is 5.96 Å². The lowest BCUT2D eigenvalue weighted by Gasteiger charge is -1.69. The van der Waals surface area contributed by atoms with Crippen LogP contribution in [0.4, 0.5) is 0 Å². The third-order valence-electron chi connectivity index (χ3n) is 0. The molecule has 0 aliphatic carbocycles. The maximum absolute atomic E-state index is 7.17. The number of nitrogens with one attached hydrogen (secondary N) is 1. The molecule has 0 amide bonds. The largest absolute Gasteiger partial charge is 0.631 e. The van der Waals surface area contributed by atoms with Crippen molar-refractivity contribution in [3.05, 3.63) is 0 Å². The Balaban J connectivity index is -0.0000000600. The van der Waals surface area contributed by atoms with E-state index in [0.717, 1.165) is 0 Å². The van der Waals surface area contributed by atoms with E-state index >= 15 is 0 Å². The Kier molecular flexibility index (Phi) is 29.9. The quantitative estimate of drug-likeness (QED) is 0.108. The van der Waals surface area contributed by atoms with E-state index in [0.29, 0.717) is 0 Å². The molecule has 12 nitrogen and oxygen atoms in total. The lowest BCUT2D eigenvalue weighted by molar-refractivity contribution is 0.276. The predicted octanol–water partition coefficient (Wildman–Crippen LogP) is -7.32. The van der Waals surface area contributed by atoms with Gasteiger partial charge >= 0.3 is 22.0 Å². The van der Waals surface area contributed by atoms with Gasteiger partial charge in [0.15, 0.2) is 5.96 Å². The van der Waals surface area contributed by atoms with Crippen molar-refractivity contribution in [3.8, 4) is 0 Å². The molecular formula is CH14B3N3O9. The molecule has 0 atom stereocenters. The Bertz CT molecular complexity index is 107. The van der Waals surface area contributed by atoms with Crippen LogP contribution in [0.5, 0.6) is 0 Å². The van der Waals surface area contributed by atoms with Gasteiger partial charge in [-0.3, -0.25) is 5.41 Å². The summed E-state index contributed by atoms with van der Waals surface area (Å²) in [5.74, 6) is -0.333. The third-order valence-corrected chi connectivity index (χ3v) is 0. The Labute approximate surface area is 91.1 Å². The van der Waals surface area contributed by atoms with Crippen LogP contribution in [0.1, 0.15) is 0 Å². The van der Waals surface area contributed by atoms with Gasteiger partial charge < -0.3 is 56.7 Å². The molecule has 0 rings (SSSR count). The zero-order valence-electron chi connectivity index (χ0n) is 7.91. The number of guanidine groups is 1. The van der Waals surface area contributed by atoms with Crippen LogP contribution < -0.4 is 11.5 Å². The molecule has 14 N–H and O–H groups in total. The van der Waals surface area contributed by atoms with E-state index < -0.39 is 22.0 Å². The van der Waals surface area contributed by atoms with Crippen LogP contribution in [-0.2, 0) is 0 Å². The van der Waals surface area contributed by atoms with Gasteiger partial charge in [0.05, 0.1) is 0 Å². The van der Waals surface area contributed by atoms with Crippen LogP contribution in [0.3, 0.4) is 0 Å². The second kappa shape index (κ2) is 19.6. The van der Waals surface area contributed by atoms with Gasteiger partial charge in [-0.2, -0.15) is 0 Å². The summed E-state index contributed by atoms with van der Waals surface area (Å²) >= 11 is 0. The second-order valence-corrected chi connectivity index (χ2v) is 1.49. The SMILES string of the molecule is N=C(N)N.OB(O)O.OB(O)O.OB(O)O. The molecule has 0 bridgehead atoms. The molecule has 0 saturated heterocycles. The van der Waals surface area contributed by atoms with Gasteiger partial charge in [-0.05, 0) is 0 Å². The zero-order chi connectivity index (χ0) is 14.3. The molecule has 0 aliphatic rings. The Morgan fingerprint density at radius 1 is 0.625 bits per heavy atom. The van der Waals surface area contributed by atoms with Crippen LogP contribution in [0.2, 0.25) is 0 Å². The predicted molar refractivity (Wildman–Crippen MR) is 53.3 cm³/mol. The van der Waals surface area contributed by atoms with Crippen LogP contribution in [0, 0.1) is 5.41 Å². The number of rotatable bonds is 0. The van der Waals surface area contributed by atoms with Crippen LogP contribution in [0.15, 0.2) is 0 Å². The maximum atomic E-state index is 7.17. The highest BCUT2D eigenvalue weighted by Gasteiger charge is 1.93. The summed E-state index contributed by atoms with van der Waals surface area (Å²) in [4.78, 5) is 0. The van der Waals surface area contributed by atoms with Crippen molar-refractivity contribution in [1.29, 1.82) is 5.41 Å². The standard InChI is InChI=1S/CH5N3.3BH3O3/c4*2-1(3)4/h(H5,2,3,4);3*2-4H. The number of hydrogen-bond donors (Lipinski definition) is 12. The first-order chi connectivity index (χ1) is 6.93. The van der Waals surface area contributed by atoms with Crippen molar-refractivity contribution in [1.82, 2.24) is 0 Å². The molecule has 0 spiro atoms. The summed E-state index contributed by atoms with van der Waals surface area (Å²) < 4.78 is 0. The number of hydrogen-bond acceptors (Lipinski definition) is 10. The fourth-order valence-corrected chi connectivity index (χ4v) is 0. The van der Waals surface area contributed by atoms with Gasteiger partial charge in [0, 0.05) is 0 Å². The highest BCUT2D eigenvalue weighted by Crippen LogP contribution is 1.41. The summed E-state index contributed by atoms with van der Waals surface area (Å²) in [6, 6.07) is 0. The van der Waals surface area contributed by atoms with Crippen LogP contribution in [0.25, 0.3) is 0 Å². The van der Waals surface area contributed by atoms with Crippen molar-refractivity contribution in [2.24, 2.45) is 11.5 Å². The molecule has 0 aliphatic heterocycles. The summed E-state index contributed by atoms with van der Waals surface area (Å²) in [6.45, 7) is 0. The van der Waals surface area contributed by atoms with Crippen molar-refractivity contribution >= 4 is 27.9 Å². The molecule has 0 aromatic carbocycles. The first-order valence-electron chi connectivity index (χ1n) is 3.15. The van der Waals surface area contributed by atoms with Crippen molar-refractivity contribution < 1.29 is 45.2 Å². The fourth-order valence-electron chi connectivity index (χ4n) is 0. The highest BCUT2D eigenvalue weighted by molar-refractivity contribution is 6.31. The fraction of sp³-hybridized carbons (Fsp3) is 0. The van der Waals surface area contributed by atoms with Gasteiger partial charge in [0.1, 0.15) is 0 Å². The average Bonchev–Trinajstić information content (AvgIpc) is 1.76. The molecule has 0 unspecified atom stereocenters. The molecule has 0 aromatic rings. The summed E-state index contributed by atoms with van der Waals surface area (Å²) in [7, 11) is -6.50. The molecule has 0 heterocycles. The van der Waals surface area contributed by atoms with Crippen LogP contribution >= 0.6 is 0 Å². The molecule has 15 heteroatoms. The van der Waals surface area contributed by atoms with E-state index in [1.165, 1.54) is 0 Å². The van der Waals surface area contributed by atoms with Crippen molar-refractivity contribution in [2.45, 2.75) is 0 Å². The van der Waals surface area contributed by atoms with Gasteiger partial charge in [-0.1, -0.05) is 0 Å². The lowest BCUT2D eigenvalue weighted by Crippen LogP contribution is -2.20. The van der Waals surface area contributed by atoms with E-state index in [1.54, 1.807) is 0 Å². The third kappa shape index (κ3) is 2400. The van der Waals surface area contributed by atoms with Crippen molar-refractivity contribution in [2.75, 3.05) is 0 Å². The Morgan fingerprint density at radius 3 is 0.625 bits per heavy atom. The first kappa shape index (κ1) is 24.4. The highest BCUT2D eigenvalue weighted by atomic mass is 16.5. The molecule has 0 radical (unpaired) electrons. The van der Waals surface area contributed by atoms with E-state index in [4.69, 9.17) is 50.6 Å². The molecule has 96 valence electrons. The lowest BCUT2D eigenvalue weighted by atomic mass is 10.3.